The van der Waals surface area contributed by atoms with Crippen LogP contribution in [0.5, 0.6) is 0 Å². The Bertz CT molecular complexity index is 832. The van der Waals surface area contributed by atoms with Crippen molar-refractivity contribution in [2.75, 3.05) is 13.1 Å². The van der Waals surface area contributed by atoms with Crippen molar-refractivity contribution in [2.24, 2.45) is 0 Å². The highest BCUT2D eigenvalue weighted by molar-refractivity contribution is 5.92. The summed E-state index contributed by atoms with van der Waals surface area (Å²) in [6.07, 6.45) is 2.44. The number of amides is 1. The second-order valence-electron chi connectivity index (χ2n) is 5.77. The predicted molar refractivity (Wildman–Crippen MR) is 87.2 cm³/mol. The van der Waals surface area contributed by atoms with Gasteiger partial charge in [-0.1, -0.05) is 41.6 Å². The summed E-state index contributed by atoms with van der Waals surface area (Å²) in [5, 5.41) is 4.06. The number of carbonyl (C=O) groups excluding carboxylic acids is 1. The van der Waals surface area contributed by atoms with Crippen LogP contribution in [-0.4, -0.2) is 39.0 Å². The van der Waals surface area contributed by atoms with Crippen molar-refractivity contribution >= 4 is 5.91 Å². The monoisotopic (exact) mass is 320 g/mol. The summed E-state index contributed by atoms with van der Waals surface area (Å²) in [5.74, 6) is 1.19. The van der Waals surface area contributed by atoms with Crippen LogP contribution in [0.15, 0.2) is 59.3 Å². The first-order valence-corrected chi connectivity index (χ1v) is 7.90. The summed E-state index contributed by atoms with van der Waals surface area (Å²) < 4.78 is 5.42. The van der Waals surface area contributed by atoms with Crippen LogP contribution in [0.25, 0.3) is 11.4 Å². The minimum absolute atomic E-state index is 0.0547. The van der Waals surface area contributed by atoms with E-state index in [1.54, 1.807) is 23.2 Å². The van der Waals surface area contributed by atoms with Gasteiger partial charge >= 0.3 is 0 Å². The molecule has 3 aromatic rings. The maximum atomic E-state index is 12.4. The average Bonchev–Trinajstić information content (AvgIpc) is 3.32. The molecule has 6 nitrogen and oxygen atoms in total. The van der Waals surface area contributed by atoms with Gasteiger partial charge < -0.3 is 9.42 Å². The van der Waals surface area contributed by atoms with E-state index in [0.29, 0.717) is 30.5 Å². The molecular formula is C18H16N4O2. The van der Waals surface area contributed by atoms with Crippen LogP contribution in [0.1, 0.15) is 28.7 Å². The minimum atomic E-state index is -0.0547. The minimum Gasteiger partial charge on any atom is -0.339 e. The zero-order chi connectivity index (χ0) is 16.4. The number of likely N-dealkylation sites (tertiary alicyclic amines) is 1. The summed E-state index contributed by atoms with van der Waals surface area (Å²) in [6, 6.07) is 15.1. The fourth-order valence-electron chi connectivity index (χ4n) is 2.90. The van der Waals surface area contributed by atoms with Gasteiger partial charge in [0.1, 0.15) is 5.69 Å². The van der Waals surface area contributed by atoms with Gasteiger partial charge in [-0.3, -0.25) is 9.78 Å². The van der Waals surface area contributed by atoms with E-state index >= 15 is 0 Å². The molecule has 0 radical (unpaired) electrons. The number of hydrogen-bond acceptors (Lipinski definition) is 5. The summed E-state index contributed by atoms with van der Waals surface area (Å²) in [7, 11) is 0. The Labute approximate surface area is 139 Å². The lowest BCUT2D eigenvalue weighted by Gasteiger charge is -2.14. The van der Waals surface area contributed by atoms with Crippen molar-refractivity contribution in [3.8, 4) is 11.4 Å². The lowest BCUT2D eigenvalue weighted by molar-refractivity contribution is 0.0784. The molecule has 4 rings (SSSR count). The van der Waals surface area contributed by atoms with Gasteiger partial charge in [0.25, 0.3) is 5.91 Å². The van der Waals surface area contributed by atoms with Gasteiger partial charge in [-0.05, 0) is 18.6 Å². The Morgan fingerprint density at radius 3 is 2.75 bits per heavy atom. The number of rotatable bonds is 3. The number of carbonyl (C=O) groups is 1. The van der Waals surface area contributed by atoms with Crippen LogP contribution in [-0.2, 0) is 0 Å². The van der Waals surface area contributed by atoms with Crippen LogP contribution in [0.4, 0.5) is 0 Å². The Balaban J connectivity index is 1.48. The second-order valence-corrected chi connectivity index (χ2v) is 5.77. The third-order valence-electron chi connectivity index (χ3n) is 4.18. The summed E-state index contributed by atoms with van der Waals surface area (Å²) in [4.78, 5) is 22.9. The molecule has 0 bridgehead atoms. The van der Waals surface area contributed by atoms with E-state index in [1.165, 1.54) is 0 Å². The fraction of sp³-hybridized carbons (Fsp3) is 0.222. The molecule has 1 fully saturated rings. The molecule has 1 amide bonds. The normalized spacial score (nSPS) is 17.2. The van der Waals surface area contributed by atoms with E-state index in [1.807, 2.05) is 36.4 Å². The quantitative estimate of drug-likeness (QED) is 0.742. The SMILES string of the molecule is O=C(c1ccccn1)N1CC[C@H](c2nc(-c3ccccc3)no2)C1. The second kappa shape index (κ2) is 6.23. The standard InChI is InChI=1S/C18H16N4O2/c23-18(15-8-4-5-10-19-15)22-11-9-14(12-22)17-20-16(21-24-17)13-6-2-1-3-7-13/h1-8,10,14H,9,11-12H2/t14-/m0/s1. The Morgan fingerprint density at radius 2 is 1.96 bits per heavy atom. The molecular weight excluding hydrogens is 304 g/mol. The number of pyridine rings is 1. The third kappa shape index (κ3) is 2.78. The Kier molecular flexibility index (Phi) is 3.78. The topological polar surface area (TPSA) is 72.1 Å². The number of hydrogen-bond donors (Lipinski definition) is 0. The van der Waals surface area contributed by atoms with Crippen molar-refractivity contribution in [1.29, 1.82) is 0 Å². The molecule has 2 aromatic heterocycles. The number of nitrogens with zero attached hydrogens (tertiary/aromatic N) is 4. The van der Waals surface area contributed by atoms with Gasteiger partial charge in [0, 0.05) is 24.8 Å². The van der Waals surface area contributed by atoms with Crippen LogP contribution in [0.2, 0.25) is 0 Å². The third-order valence-corrected chi connectivity index (χ3v) is 4.18. The van der Waals surface area contributed by atoms with Crippen molar-refractivity contribution in [3.05, 3.63) is 66.3 Å². The van der Waals surface area contributed by atoms with Gasteiger partial charge in [-0.2, -0.15) is 4.98 Å². The largest absolute Gasteiger partial charge is 0.339 e. The summed E-state index contributed by atoms with van der Waals surface area (Å²) >= 11 is 0. The molecule has 1 saturated heterocycles. The average molecular weight is 320 g/mol. The molecule has 1 aliphatic rings. The Morgan fingerprint density at radius 1 is 1.12 bits per heavy atom. The van der Waals surface area contributed by atoms with Crippen LogP contribution in [0.3, 0.4) is 0 Å². The van der Waals surface area contributed by atoms with Crippen LogP contribution >= 0.6 is 0 Å². The first-order chi connectivity index (χ1) is 11.8. The lowest BCUT2D eigenvalue weighted by Crippen LogP contribution is -2.29. The lowest BCUT2D eigenvalue weighted by atomic mass is 10.1. The summed E-state index contributed by atoms with van der Waals surface area (Å²) in [6.45, 7) is 1.24. The van der Waals surface area contributed by atoms with Crippen molar-refractivity contribution in [2.45, 2.75) is 12.3 Å². The van der Waals surface area contributed by atoms with Gasteiger partial charge in [0.2, 0.25) is 11.7 Å². The highest BCUT2D eigenvalue weighted by atomic mass is 16.5. The molecule has 24 heavy (non-hydrogen) atoms. The summed E-state index contributed by atoms with van der Waals surface area (Å²) in [5.41, 5.74) is 1.39. The molecule has 6 heteroatoms. The van der Waals surface area contributed by atoms with E-state index in [2.05, 4.69) is 15.1 Å². The Hall–Kier alpha value is -3.02. The van der Waals surface area contributed by atoms with Crippen molar-refractivity contribution in [3.63, 3.8) is 0 Å². The molecule has 1 aliphatic heterocycles. The maximum Gasteiger partial charge on any atom is 0.272 e. The molecule has 0 saturated carbocycles. The molecule has 3 heterocycles. The van der Waals surface area contributed by atoms with Gasteiger partial charge in [-0.25, -0.2) is 0 Å². The molecule has 120 valence electrons. The fourth-order valence-corrected chi connectivity index (χ4v) is 2.90. The van der Waals surface area contributed by atoms with E-state index in [0.717, 1.165) is 12.0 Å². The first-order valence-electron chi connectivity index (χ1n) is 7.90. The zero-order valence-electron chi connectivity index (χ0n) is 13.0. The zero-order valence-corrected chi connectivity index (χ0v) is 13.0. The van der Waals surface area contributed by atoms with Crippen molar-refractivity contribution < 1.29 is 9.32 Å². The van der Waals surface area contributed by atoms with Gasteiger partial charge in [0.05, 0.1) is 5.92 Å². The molecule has 1 aromatic carbocycles. The van der Waals surface area contributed by atoms with Gasteiger partial charge in [-0.15, -0.1) is 0 Å². The van der Waals surface area contributed by atoms with Crippen LogP contribution < -0.4 is 0 Å². The molecule has 1 atom stereocenters. The smallest absolute Gasteiger partial charge is 0.272 e. The van der Waals surface area contributed by atoms with E-state index in [9.17, 15) is 4.79 Å². The highest BCUT2D eigenvalue weighted by Gasteiger charge is 2.32. The maximum absolute atomic E-state index is 12.4. The van der Waals surface area contributed by atoms with Crippen molar-refractivity contribution in [1.82, 2.24) is 20.0 Å². The van der Waals surface area contributed by atoms with Crippen LogP contribution in [0, 0.1) is 0 Å². The van der Waals surface area contributed by atoms with E-state index in [4.69, 9.17) is 4.52 Å². The number of aromatic nitrogens is 3. The molecule has 0 spiro atoms. The molecule has 0 aliphatic carbocycles. The highest BCUT2D eigenvalue weighted by Crippen LogP contribution is 2.28. The van der Waals surface area contributed by atoms with Gasteiger partial charge in [0.15, 0.2) is 0 Å². The van der Waals surface area contributed by atoms with E-state index in [-0.39, 0.29) is 11.8 Å². The number of benzene rings is 1. The first kappa shape index (κ1) is 14.6. The molecule has 0 N–H and O–H groups in total. The predicted octanol–water partition coefficient (Wildman–Crippen LogP) is 2.76. The molecule has 0 unspecified atom stereocenters. The van der Waals surface area contributed by atoms with E-state index < -0.39 is 0 Å².